The predicted molar refractivity (Wildman–Crippen MR) is 105 cm³/mol. The van der Waals surface area contributed by atoms with Crippen LogP contribution in [-0.4, -0.2) is 31.6 Å². The zero-order chi connectivity index (χ0) is 19.3. The van der Waals surface area contributed by atoms with Crippen LogP contribution in [0.3, 0.4) is 0 Å². The number of halogens is 1. The van der Waals surface area contributed by atoms with Crippen molar-refractivity contribution in [1.82, 2.24) is 10.6 Å². The van der Waals surface area contributed by atoms with Crippen LogP contribution < -0.4 is 25.8 Å². The maximum Gasteiger partial charge on any atom is 0.240 e. The Morgan fingerprint density at radius 3 is 2.48 bits per heavy atom. The monoisotopic (exact) mass is 389 g/mol. The van der Waals surface area contributed by atoms with Gasteiger partial charge in [0.05, 0.1) is 17.7 Å². The second-order valence-corrected chi connectivity index (χ2v) is 7.04. The number of carbonyl (C=O) groups is 1. The number of nitrogens with one attached hydrogen (secondary N) is 2. The van der Waals surface area contributed by atoms with E-state index >= 15 is 0 Å². The Balaban J connectivity index is 1.56. The molecule has 6 nitrogen and oxygen atoms in total. The zero-order valence-electron chi connectivity index (χ0n) is 15.3. The number of rotatable bonds is 6. The lowest BCUT2D eigenvalue weighted by Gasteiger charge is -2.32. The maximum atomic E-state index is 12.4. The van der Waals surface area contributed by atoms with E-state index in [1.165, 1.54) is 0 Å². The molecule has 1 aliphatic rings. The van der Waals surface area contributed by atoms with Gasteiger partial charge in [0.1, 0.15) is 17.2 Å². The molecule has 7 heteroatoms. The fourth-order valence-electron chi connectivity index (χ4n) is 2.95. The second-order valence-electron chi connectivity index (χ2n) is 6.63. The largest absolute Gasteiger partial charge is 0.497 e. The molecule has 4 N–H and O–H groups in total. The highest BCUT2D eigenvalue weighted by atomic mass is 35.5. The topological polar surface area (TPSA) is 85.6 Å². The van der Waals surface area contributed by atoms with Crippen molar-refractivity contribution in [2.24, 2.45) is 5.73 Å². The highest BCUT2D eigenvalue weighted by molar-refractivity contribution is 6.32. The molecule has 2 aromatic carbocycles. The Hall–Kier alpha value is -2.28. The fourth-order valence-corrected chi connectivity index (χ4v) is 3.16. The number of hydrogen-bond acceptors (Lipinski definition) is 5. The molecule has 144 valence electrons. The number of ether oxygens (including phenoxy) is 2. The van der Waals surface area contributed by atoms with E-state index in [9.17, 15) is 4.79 Å². The van der Waals surface area contributed by atoms with Crippen LogP contribution in [0.1, 0.15) is 18.4 Å². The van der Waals surface area contributed by atoms with Crippen LogP contribution >= 0.6 is 11.6 Å². The van der Waals surface area contributed by atoms with E-state index in [4.69, 9.17) is 26.8 Å². The normalized spacial score (nSPS) is 15.8. The molecule has 0 atom stereocenters. The van der Waals surface area contributed by atoms with Crippen LogP contribution in [-0.2, 0) is 11.3 Å². The summed E-state index contributed by atoms with van der Waals surface area (Å²) in [7, 11) is 1.58. The zero-order valence-corrected chi connectivity index (χ0v) is 16.0. The van der Waals surface area contributed by atoms with E-state index in [-0.39, 0.29) is 5.91 Å². The molecule has 0 unspecified atom stereocenters. The van der Waals surface area contributed by atoms with Crippen molar-refractivity contribution < 1.29 is 14.3 Å². The summed E-state index contributed by atoms with van der Waals surface area (Å²) in [5.41, 5.74) is 6.41. The highest BCUT2D eigenvalue weighted by Crippen LogP contribution is 2.32. The van der Waals surface area contributed by atoms with E-state index in [2.05, 4.69) is 10.6 Å². The molecule has 3 rings (SSSR count). The average Bonchev–Trinajstić information content (AvgIpc) is 2.69. The first-order valence-corrected chi connectivity index (χ1v) is 9.26. The minimum absolute atomic E-state index is 0.102. The number of nitrogens with two attached hydrogens (primary N) is 1. The van der Waals surface area contributed by atoms with E-state index in [1.54, 1.807) is 25.3 Å². The standard InChI is InChI=1S/C20H24ClN3O3/c1-26-16-6-7-18(17(21)12-16)27-15-4-2-14(3-5-15)13-24-19(25)20(22)8-10-23-11-9-20/h2-7,12,23H,8-11,13,22H2,1H3,(H,24,25). The maximum absolute atomic E-state index is 12.4. The Morgan fingerprint density at radius 2 is 1.85 bits per heavy atom. The second kappa shape index (κ2) is 8.61. The Labute approximate surface area is 164 Å². The van der Waals surface area contributed by atoms with Crippen molar-refractivity contribution in [1.29, 1.82) is 0 Å². The van der Waals surface area contributed by atoms with Crippen molar-refractivity contribution in [2.45, 2.75) is 24.9 Å². The summed E-state index contributed by atoms with van der Waals surface area (Å²) in [6.45, 7) is 1.96. The molecule has 2 aromatic rings. The van der Waals surface area contributed by atoms with Crippen LogP contribution in [0, 0.1) is 0 Å². The summed E-state index contributed by atoms with van der Waals surface area (Å²) < 4.78 is 10.9. The molecule has 1 saturated heterocycles. The molecule has 0 spiro atoms. The van der Waals surface area contributed by atoms with Gasteiger partial charge in [-0.25, -0.2) is 0 Å². The first kappa shape index (κ1) is 19.5. The third-order valence-corrected chi connectivity index (χ3v) is 4.99. The Kier molecular flexibility index (Phi) is 6.21. The minimum atomic E-state index is -0.778. The number of amides is 1. The van der Waals surface area contributed by atoms with E-state index in [0.717, 1.165) is 18.7 Å². The van der Waals surface area contributed by atoms with Gasteiger partial charge in [0.15, 0.2) is 0 Å². The van der Waals surface area contributed by atoms with Gasteiger partial charge in [-0.1, -0.05) is 23.7 Å². The molecular formula is C20H24ClN3O3. The fraction of sp³-hybridized carbons (Fsp3) is 0.350. The Morgan fingerprint density at radius 1 is 1.19 bits per heavy atom. The molecule has 0 radical (unpaired) electrons. The van der Waals surface area contributed by atoms with Gasteiger partial charge in [-0.3, -0.25) is 4.79 Å². The summed E-state index contributed by atoms with van der Waals surface area (Å²) >= 11 is 6.19. The van der Waals surface area contributed by atoms with Gasteiger partial charge in [0, 0.05) is 12.6 Å². The third kappa shape index (κ3) is 4.91. The van der Waals surface area contributed by atoms with Crippen LogP contribution in [0.4, 0.5) is 0 Å². The number of carbonyl (C=O) groups excluding carboxylic acids is 1. The van der Waals surface area contributed by atoms with Crippen molar-refractivity contribution in [2.75, 3.05) is 20.2 Å². The smallest absolute Gasteiger partial charge is 0.240 e. The van der Waals surface area contributed by atoms with Crippen LogP contribution in [0.25, 0.3) is 0 Å². The van der Waals surface area contributed by atoms with E-state index in [1.807, 2.05) is 24.3 Å². The van der Waals surface area contributed by atoms with Gasteiger partial charge in [0.2, 0.25) is 5.91 Å². The summed E-state index contributed by atoms with van der Waals surface area (Å²) in [6.07, 6.45) is 1.29. The third-order valence-electron chi connectivity index (χ3n) is 4.69. The first-order valence-electron chi connectivity index (χ1n) is 8.88. The van der Waals surface area contributed by atoms with Crippen molar-refractivity contribution in [3.63, 3.8) is 0 Å². The van der Waals surface area contributed by atoms with Gasteiger partial charge in [0.25, 0.3) is 0 Å². The number of hydrogen-bond donors (Lipinski definition) is 3. The van der Waals surface area contributed by atoms with Crippen molar-refractivity contribution in [3.8, 4) is 17.2 Å². The predicted octanol–water partition coefficient (Wildman–Crippen LogP) is 2.84. The van der Waals surface area contributed by atoms with Gasteiger partial charge < -0.3 is 25.8 Å². The lowest BCUT2D eigenvalue weighted by molar-refractivity contribution is -0.127. The molecular weight excluding hydrogens is 366 g/mol. The summed E-state index contributed by atoms with van der Waals surface area (Å²) in [5.74, 6) is 1.78. The molecule has 1 aliphatic heterocycles. The quantitative estimate of drug-likeness (QED) is 0.707. The molecule has 0 saturated carbocycles. The van der Waals surface area contributed by atoms with Crippen molar-refractivity contribution >= 4 is 17.5 Å². The minimum Gasteiger partial charge on any atom is -0.497 e. The lowest BCUT2D eigenvalue weighted by atomic mass is 9.88. The van der Waals surface area contributed by atoms with Crippen molar-refractivity contribution in [3.05, 3.63) is 53.1 Å². The van der Waals surface area contributed by atoms with E-state index in [0.29, 0.717) is 41.7 Å². The molecule has 1 heterocycles. The number of benzene rings is 2. The average molecular weight is 390 g/mol. The molecule has 1 amide bonds. The number of piperidine rings is 1. The lowest BCUT2D eigenvalue weighted by Crippen LogP contribution is -2.58. The highest BCUT2D eigenvalue weighted by Gasteiger charge is 2.34. The van der Waals surface area contributed by atoms with Crippen LogP contribution in [0.15, 0.2) is 42.5 Å². The van der Waals surface area contributed by atoms with Gasteiger partial charge in [-0.05, 0) is 55.8 Å². The summed E-state index contributed by atoms with van der Waals surface area (Å²) in [4.78, 5) is 12.4. The molecule has 0 aromatic heterocycles. The molecule has 0 aliphatic carbocycles. The van der Waals surface area contributed by atoms with Crippen LogP contribution in [0.5, 0.6) is 17.2 Å². The van der Waals surface area contributed by atoms with Gasteiger partial charge in [-0.2, -0.15) is 0 Å². The Bertz CT molecular complexity index is 790. The molecule has 0 bridgehead atoms. The number of methoxy groups -OCH3 is 1. The summed E-state index contributed by atoms with van der Waals surface area (Å²) in [5, 5.41) is 6.62. The van der Waals surface area contributed by atoms with Gasteiger partial charge in [-0.15, -0.1) is 0 Å². The summed E-state index contributed by atoms with van der Waals surface area (Å²) in [6, 6.07) is 12.7. The van der Waals surface area contributed by atoms with Crippen LogP contribution in [0.2, 0.25) is 5.02 Å². The SMILES string of the molecule is COc1ccc(Oc2ccc(CNC(=O)C3(N)CCNCC3)cc2)c(Cl)c1. The molecule has 27 heavy (non-hydrogen) atoms. The first-order chi connectivity index (χ1) is 13.0. The van der Waals surface area contributed by atoms with E-state index < -0.39 is 5.54 Å². The molecule has 1 fully saturated rings. The van der Waals surface area contributed by atoms with Gasteiger partial charge >= 0.3 is 0 Å².